The Hall–Kier alpha value is -2.50. The Morgan fingerprint density at radius 1 is 1.18 bits per heavy atom. The average Bonchev–Trinajstić information content (AvgIpc) is 2.86. The van der Waals surface area contributed by atoms with E-state index in [9.17, 15) is 0 Å². The maximum Gasteiger partial charge on any atom is 0.203 e. The Morgan fingerprint density at radius 2 is 2.06 bits per heavy atom. The zero-order valence-electron chi connectivity index (χ0n) is 8.98. The minimum absolute atomic E-state index is 0.683. The Labute approximate surface area is 97.4 Å². The van der Waals surface area contributed by atoms with Gasteiger partial charge in [-0.1, -0.05) is 0 Å². The molecule has 0 bridgehead atoms. The molecule has 6 heteroatoms. The van der Waals surface area contributed by atoms with Crippen LogP contribution in [0.15, 0.2) is 43.2 Å². The van der Waals surface area contributed by atoms with E-state index in [-0.39, 0.29) is 0 Å². The van der Waals surface area contributed by atoms with Crippen LogP contribution in [0.2, 0.25) is 0 Å². The van der Waals surface area contributed by atoms with Crippen molar-refractivity contribution in [3.8, 4) is 0 Å². The third-order valence-electron chi connectivity index (χ3n) is 2.43. The molecule has 0 aliphatic heterocycles. The lowest BCUT2D eigenvalue weighted by molar-refractivity contribution is 1.06. The highest BCUT2D eigenvalue weighted by molar-refractivity contribution is 5.61. The fourth-order valence-electron chi connectivity index (χ4n) is 1.57. The lowest BCUT2D eigenvalue weighted by Gasteiger charge is -2.05. The van der Waals surface area contributed by atoms with Gasteiger partial charge in [0.2, 0.25) is 5.65 Å². The van der Waals surface area contributed by atoms with E-state index in [1.807, 2.05) is 22.7 Å². The molecule has 0 amide bonds. The van der Waals surface area contributed by atoms with Gasteiger partial charge >= 0.3 is 0 Å². The van der Waals surface area contributed by atoms with E-state index < -0.39 is 0 Å². The van der Waals surface area contributed by atoms with Crippen molar-refractivity contribution in [2.75, 3.05) is 5.32 Å². The maximum absolute atomic E-state index is 4.24. The Balaban J connectivity index is 1.84. The van der Waals surface area contributed by atoms with Crippen molar-refractivity contribution >= 4 is 11.5 Å². The van der Waals surface area contributed by atoms with Crippen LogP contribution >= 0.6 is 0 Å². The molecule has 0 saturated heterocycles. The van der Waals surface area contributed by atoms with Crippen LogP contribution < -0.4 is 5.32 Å². The Morgan fingerprint density at radius 3 is 2.94 bits per heavy atom. The second-order valence-corrected chi connectivity index (χ2v) is 3.55. The van der Waals surface area contributed by atoms with Crippen molar-refractivity contribution in [1.82, 2.24) is 24.6 Å². The molecular weight excluding hydrogens is 216 g/mol. The third-order valence-corrected chi connectivity index (χ3v) is 2.43. The van der Waals surface area contributed by atoms with E-state index >= 15 is 0 Å². The zero-order valence-corrected chi connectivity index (χ0v) is 8.98. The van der Waals surface area contributed by atoms with Crippen molar-refractivity contribution < 1.29 is 0 Å². The van der Waals surface area contributed by atoms with Crippen LogP contribution in [0.1, 0.15) is 5.56 Å². The van der Waals surface area contributed by atoms with E-state index in [0.717, 1.165) is 17.0 Å². The predicted octanol–water partition coefficient (Wildman–Crippen LogP) is 1.13. The van der Waals surface area contributed by atoms with Crippen molar-refractivity contribution in [2.24, 2.45) is 0 Å². The summed E-state index contributed by atoms with van der Waals surface area (Å²) in [6.45, 7) is 0.683. The minimum Gasteiger partial charge on any atom is -0.363 e. The number of rotatable bonds is 3. The normalized spacial score (nSPS) is 10.6. The number of hydrogen-bond donors (Lipinski definition) is 1. The van der Waals surface area contributed by atoms with Crippen LogP contribution in [0.5, 0.6) is 0 Å². The summed E-state index contributed by atoms with van der Waals surface area (Å²) in [5.41, 5.74) is 1.87. The van der Waals surface area contributed by atoms with Crippen LogP contribution in [0.4, 0.5) is 5.82 Å². The monoisotopic (exact) mass is 226 g/mol. The average molecular weight is 226 g/mol. The first kappa shape index (κ1) is 9.71. The smallest absolute Gasteiger partial charge is 0.203 e. The van der Waals surface area contributed by atoms with Gasteiger partial charge in [-0.3, -0.25) is 9.38 Å². The summed E-state index contributed by atoms with van der Waals surface area (Å²) >= 11 is 0. The summed E-state index contributed by atoms with van der Waals surface area (Å²) in [4.78, 5) is 8.22. The molecule has 3 rings (SSSR count). The van der Waals surface area contributed by atoms with E-state index in [1.165, 1.54) is 0 Å². The molecule has 0 spiro atoms. The van der Waals surface area contributed by atoms with Gasteiger partial charge in [0.15, 0.2) is 5.82 Å². The summed E-state index contributed by atoms with van der Waals surface area (Å²) in [7, 11) is 0. The topological polar surface area (TPSA) is 68.0 Å². The summed E-state index contributed by atoms with van der Waals surface area (Å²) in [5.74, 6) is 0.724. The van der Waals surface area contributed by atoms with Crippen LogP contribution in [0.25, 0.3) is 5.65 Å². The lowest BCUT2D eigenvalue weighted by atomic mass is 10.3. The molecule has 17 heavy (non-hydrogen) atoms. The van der Waals surface area contributed by atoms with Crippen LogP contribution in [-0.4, -0.2) is 24.6 Å². The number of anilines is 1. The van der Waals surface area contributed by atoms with Gasteiger partial charge < -0.3 is 5.32 Å². The Kier molecular flexibility index (Phi) is 2.38. The number of aromatic nitrogens is 5. The molecule has 6 nitrogen and oxygen atoms in total. The quantitative estimate of drug-likeness (QED) is 0.725. The second kappa shape index (κ2) is 4.17. The summed E-state index contributed by atoms with van der Waals surface area (Å²) in [6.07, 6.45) is 8.71. The highest BCUT2D eigenvalue weighted by Crippen LogP contribution is 2.10. The van der Waals surface area contributed by atoms with E-state index in [0.29, 0.717) is 6.54 Å². The molecule has 3 aromatic rings. The molecule has 0 atom stereocenters. The van der Waals surface area contributed by atoms with Crippen LogP contribution in [0.3, 0.4) is 0 Å². The molecule has 0 saturated carbocycles. The van der Waals surface area contributed by atoms with Gasteiger partial charge in [0.05, 0.1) is 0 Å². The molecule has 84 valence electrons. The van der Waals surface area contributed by atoms with Crippen molar-refractivity contribution in [3.05, 3.63) is 48.8 Å². The van der Waals surface area contributed by atoms with Crippen molar-refractivity contribution in [3.63, 3.8) is 0 Å². The molecule has 1 N–H and O–H groups in total. The van der Waals surface area contributed by atoms with Crippen LogP contribution in [0, 0.1) is 0 Å². The second-order valence-electron chi connectivity index (χ2n) is 3.55. The van der Waals surface area contributed by atoms with Gasteiger partial charge in [0, 0.05) is 31.3 Å². The van der Waals surface area contributed by atoms with Gasteiger partial charge in [0.25, 0.3) is 0 Å². The van der Waals surface area contributed by atoms with E-state index in [1.54, 1.807) is 24.9 Å². The zero-order chi connectivity index (χ0) is 11.5. The Bertz CT molecular complexity index is 618. The molecular formula is C11H10N6. The van der Waals surface area contributed by atoms with Gasteiger partial charge in [-0.05, 0) is 17.7 Å². The SMILES string of the molecule is c1cc(CNc2nccn3cnnc23)ccn1. The number of nitrogens with zero attached hydrogens (tertiary/aromatic N) is 5. The fourth-order valence-corrected chi connectivity index (χ4v) is 1.57. The number of fused-ring (bicyclic) bond motifs is 1. The van der Waals surface area contributed by atoms with E-state index in [2.05, 4.69) is 25.5 Å². The standard InChI is InChI=1S/C11H10N6/c1-3-12-4-2-9(1)7-14-10-11-16-15-8-17(11)6-5-13-10/h1-6,8H,7H2,(H,13,14). The van der Waals surface area contributed by atoms with Crippen molar-refractivity contribution in [1.29, 1.82) is 0 Å². The molecule has 3 heterocycles. The molecule has 0 aliphatic carbocycles. The molecule has 0 radical (unpaired) electrons. The first-order valence-corrected chi connectivity index (χ1v) is 5.20. The maximum atomic E-state index is 4.24. The summed E-state index contributed by atoms with van der Waals surface area (Å²) < 4.78 is 1.82. The van der Waals surface area contributed by atoms with Gasteiger partial charge in [-0.25, -0.2) is 4.98 Å². The van der Waals surface area contributed by atoms with Crippen molar-refractivity contribution in [2.45, 2.75) is 6.54 Å². The molecule has 0 aromatic carbocycles. The van der Waals surface area contributed by atoms with Gasteiger partial charge in [-0.15, -0.1) is 10.2 Å². The molecule has 0 aliphatic rings. The summed E-state index contributed by atoms with van der Waals surface area (Å²) in [5, 5.41) is 11.1. The molecule has 0 unspecified atom stereocenters. The highest BCUT2D eigenvalue weighted by Gasteiger charge is 2.03. The fraction of sp³-hybridized carbons (Fsp3) is 0.0909. The number of pyridine rings is 1. The first-order valence-electron chi connectivity index (χ1n) is 5.20. The lowest BCUT2D eigenvalue weighted by Crippen LogP contribution is -2.03. The first-order chi connectivity index (χ1) is 8.43. The van der Waals surface area contributed by atoms with Crippen LogP contribution in [-0.2, 0) is 6.54 Å². The molecule has 3 aromatic heterocycles. The number of hydrogen-bond acceptors (Lipinski definition) is 5. The van der Waals surface area contributed by atoms with Gasteiger partial charge in [-0.2, -0.15) is 0 Å². The van der Waals surface area contributed by atoms with E-state index in [4.69, 9.17) is 0 Å². The largest absolute Gasteiger partial charge is 0.363 e. The van der Waals surface area contributed by atoms with Gasteiger partial charge in [0.1, 0.15) is 6.33 Å². The third kappa shape index (κ3) is 1.92. The molecule has 0 fully saturated rings. The number of nitrogens with one attached hydrogen (secondary N) is 1. The minimum atomic E-state index is 0.683. The highest BCUT2D eigenvalue weighted by atomic mass is 15.2. The predicted molar refractivity (Wildman–Crippen MR) is 62.3 cm³/mol. The summed E-state index contributed by atoms with van der Waals surface area (Å²) in [6, 6.07) is 3.91.